The van der Waals surface area contributed by atoms with Crippen LogP contribution in [0.15, 0.2) is 34.8 Å². The van der Waals surface area contributed by atoms with Gasteiger partial charge in [0.25, 0.3) is 0 Å². The van der Waals surface area contributed by atoms with Crippen LogP contribution in [0, 0.1) is 5.82 Å². The summed E-state index contributed by atoms with van der Waals surface area (Å²) in [5, 5.41) is 0. The molecule has 2 aromatic carbocycles. The Morgan fingerprint density at radius 3 is 2.42 bits per heavy atom. The maximum absolute atomic E-state index is 13.5. The molecule has 0 aliphatic rings. The van der Waals surface area contributed by atoms with E-state index >= 15 is 0 Å². The minimum atomic E-state index is -0.452. The fourth-order valence-corrected chi connectivity index (χ4v) is 2.55. The molecule has 0 spiro atoms. The zero-order valence-electron chi connectivity index (χ0n) is 10.5. The largest absolute Gasteiger partial charge is 0.495 e. The van der Waals surface area contributed by atoms with Gasteiger partial charge in [-0.25, -0.2) is 4.39 Å². The lowest BCUT2D eigenvalue weighted by Gasteiger charge is -2.15. The van der Waals surface area contributed by atoms with Gasteiger partial charge in [-0.15, -0.1) is 0 Å². The third-order valence-corrected chi connectivity index (χ3v) is 3.58. The molecule has 0 aromatic heterocycles. The summed E-state index contributed by atoms with van der Waals surface area (Å²) in [6.07, 6.45) is 0. The van der Waals surface area contributed by atoms with Crippen molar-refractivity contribution in [3.05, 3.63) is 40.6 Å². The fraction of sp³-hybridized carbons (Fsp3) is 0.143. The highest BCUT2D eigenvalue weighted by Crippen LogP contribution is 2.43. The second kappa shape index (κ2) is 5.48. The molecule has 0 radical (unpaired) electrons. The lowest BCUT2D eigenvalue weighted by atomic mass is 10.0. The van der Waals surface area contributed by atoms with Crippen LogP contribution in [0.1, 0.15) is 0 Å². The Kier molecular flexibility index (Phi) is 3.95. The van der Waals surface area contributed by atoms with Crippen molar-refractivity contribution in [3.63, 3.8) is 0 Å². The Morgan fingerprint density at radius 1 is 1.05 bits per heavy atom. The highest BCUT2D eigenvalue weighted by Gasteiger charge is 2.16. The van der Waals surface area contributed by atoms with E-state index in [0.717, 1.165) is 0 Å². The smallest absolute Gasteiger partial charge is 0.146 e. The number of halogens is 2. The number of hydrogen-bond donors (Lipinski definition) is 1. The Balaban J connectivity index is 2.69. The van der Waals surface area contributed by atoms with Crippen molar-refractivity contribution in [1.29, 1.82) is 0 Å². The Hall–Kier alpha value is -1.75. The summed E-state index contributed by atoms with van der Waals surface area (Å²) in [4.78, 5) is 0. The van der Waals surface area contributed by atoms with Gasteiger partial charge in [-0.2, -0.15) is 0 Å². The minimum absolute atomic E-state index is 0.0952. The molecule has 0 bridgehead atoms. The SMILES string of the molecule is COc1ccc(-c2cccc(F)c2N)c(OC)c1Br. The van der Waals surface area contributed by atoms with E-state index in [4.69, 9.17) is 15.2 Å². The summed E-state index contributed by atoms with van der Waals surface area (Å²) >= 11 is 3.41. The number of methoxy groups -OCH3 is 2. The van der Waals surface area contributed by atoms with E-state index in [-0.39, 0.29) is 5.69 Å². The lowest BCUT2D eigenvalue weighted by molar-refractivity contribution is 0.390. The normalized spacial score (nSPS) is 10.3. The number of hydrogen-bond acceptors (Lipinski definition) is 3. The van der Waals surface area contributed by atoms with E-state index in [2.05, 4.69) is 15.9 Å². The number of anilines is 1. The van der Waals surface area contributed by atoms with Crippen LogP contribution < -0.4 is 15.2 Å². The summed E-state index contributed by atoms with van der Waals surface area (Å²) < 4.78 is 24.8. The number of nitrogens with two attached hydrogens (primary N) is 1. The number of nitrogen functional groups attached to an aromatic ring is 1. The average Bonchev–Trinajstić information content (AvgIpc) is 2.41. The van der Waals surface area contributed by atoms with E-state index in [9.17, 15) is 4.39 Å². The number of rotatable bonds is 3. The maximum atomic E-state index is 13.5. The van der Waals surface area contributed by atoms with Crippen LogP contribution in [0.3, 0.4) is 0 Å². The predicted octanol–water partition coefficient (Wildman–Crippen LogP) is 3.85. The topological polar surface area (TPSA) is 44.5 Å². The van der Waals surface area contributed by atoms with E-state index in [1.165, 1.54) is 6.07 Å². The predicted molar refractivity (Wildman–Crippen MR) is 77.1 cm³/mol. The third-order valence-electron chi connectivity index (χ3n) is 2.83. The van der Waals surface area contributed by atoms with Crippen molar-refractivity contribution in [2.45, 2.75) is 0 Å². The highest BCUT2D eigenvalue weighted by molar-refractivity contribution is 9.10. The van der Waals surface area contributed by atoms with Gasteiger partial charge < -0.3 is 15.2 Å². The first-order valence-electron chi connectivity index (χ1n) is 5.55. The number of ether oxygens (including phenoxy) is 2. The van der Waals surface area contributed by atoms with E-state index in [1.807, 2.05) is 0 Å². The Labute approximate surface area is 119 Å². The molecule has 0 saturated carbocycles. The fourth-order valence-electron chi connectivity index (χ4n) is 1.88. The summed E-state index contributed by atoms with van der Waals surface area (Å²) in [5.74, 6) is 0.735. The van der Waals surface area contributed by atoms with Crippen molar-refractivity contribution in [2.75, 3.05) is 20.0 Å². The molecule has 0 unspecified atom stereocenters. The van der Waals surface area contributed by atoms with Gasteiger partial charge in [-0.1, -0.05) is 12.1 Å². The van der Waals surface area contributed by atoms with Gasteiger partial charge in [-0.05, 0) is 34.1 Å². The quantitative estimate of drug-likeness (QED) is 0.871. The van der Waals surface area contributed by atoms with Crippen LogP contribution in [0.5, 0.6) is 11.5 Å². The monoisotopic (exact) mass is 325 g/mol. The van der Waals surface area contributed by atoms with Crippen molar-refractivity contribution in [3.8, 4) is 22.6 Å². The van der Waals surface area contributed by atoms with E-state index in [0.29, 0.717) is 27.1 Å². The maximum Gasteiger partial charge on any atom is 0.146 e. The molecule has 0 fully saturated rings. The molecule has 3 nitrogen and oxygen atoms in total. The van der Waals surface area contributed by atoms with Crippen LogP contribution in [-0.2, 0) is 0 Å². The molecule has 0 aliphatic heterocycles. The Bertz CT molecular complexity index is 617. The molecule has 0 amide bonds. The second-order valence-electron chi connectivity index (χ2n) is 3.86. The van der Waals surface area contributed by atoms with Gasteiger partial charge >= 0.3 is 0 Å². The average molecular weight is 326 g/mol. The zero-order chi connectivity index (χ0) is 14.0. The highest BCUT2D eigenvalue weighted by atomic mass is 79.9. The first-order chi connectivity index (χ1) is 9.10. The van der Waals surface area contributed by atoms with Gasteiger partial charge in [0.2, 0.25) is 0 Å². The van der Waals surface area contributed by atoms with E-state index in [1.54, 1.807) is 38.5 Å². The van der Waals surface area contributed by atoms with Gasteiger partial charge in [0.1, 0.15) is 21.8 Å². The molecule has 2 rings (SSSR count). The molecular formula is C14H13BrFNO2. The summed E-state index contributed by atoms with van der Waals surface area (Å²) in [6.45, 7) is 0. The molecule has 2 N–H and O–H groups in total. The third kappa shape index (κ3) is 2.38. The molecule has 100 valence electrons. The summed E-state index contributed by atoms with van der Waals surface area (Å²) in [7, 11) is 3.11. The van der Waals surface area contributed by atoms with Crippen LogP contribution in [0.4, 0.5) is 10.1 Å². The number of para-hydroxylation sites is 1. The molecule has 0 saturated heterocycles. The first-order valence-corrected chi connectivity index (χ1v) is 6.34. The van der Waals surface area contributed by atoms with Crippen molar-refractivity contribution in [1.82, 2.24) is 0 Å². The van der Waals surface area contributed by atoms with Crippen LogP contribution in [0.2, 0.25) is 0 Å². The summed E-state index contributed by atoms with van der Waals surface area (Å²) in [6, 6.07) is 8.23. The lowest BCUT2D eigenvalue weighted by Crippen LogP contribution is -1.97. The summed E-state index contributed by atoms with van der Waals surface area (Å²) in [5.41, 5.74) is 7.16. The molecule has 5 heteroatoms. The van der Waals surface area contributed by atoms with Crippen molar-refractivity contribution < 1.29 is 13.9 Å². The van der Waals surface area contributed by atoms with E-state index < -0.39 is 5.82 Å². The Morgan fingerprint density at radius 2 is 1.79 bits per heavy atom. The minimum Gasteiger partial charge on any atom is -0.495 e. The van der Waals surface area contributed by atoms with Crippen LogP contribution in [0.25, 0.3) is 11.1 Å². The second-order valence-corrected chi connectivity index (χ2v) is 4.66. The molecule has 0 aliphatic carbocycles. The first kappa shape index (κ1) is 13.7. The molecule has 0 atom stereocenters. The van der Waals surface area contributed by atoms with Crippen LogP contribution >= 0.6 is 15.9 Å². The standard InChI is InChI=1S/C14H13BrFNO2/c1-18-11-7-6-9(14(19-2)12(11)15)8-4-3-5-10(16)13(8)17/h3-7H,17H2,1-2H3. The zero-order valence-corrected chi connectivity index (χ0v) is 12.1. The van der Waals surface area contributed by atoms with Crippen molar-refractivity contribution >= 4 is 21.6 Å². The van der Waals surface area contributed by atoms with Gasteiger partial charge in [-0.3, -0.25) is 0 Å². The van der Waals surface area contributed by atoms with Gasteiger partial charge in [0.15, 0.2) is 0 Å². The van der Waals surface area contributed by atoms with Crippen molar-refractivity contribution in [2.24, 2.45) is 0 Å². The van der Waals surface area contributed by atoms with Gasteiger partial charge in [0, 0.05) is 11.1 Å². The molecule has 0 heterocycles. The number of benzene rings is 2. The van der Waals surface area contributed by atoms with Gasteiger partial charge in [0.05, 0.1) is 19.9 Å². The van der Waals surface area contributed by atoms with Crippen LogP contribution in [-0.4, -0.2) is 14.2 Å². The molecule has 19 heavy (non-hydrogen) atoms. The molecular weight excluding hydrogens is 313 g/mol. The molecule has 2 aromatic rings.